The van der Waals surface area contributed by atoms with Gasteiger partial charge in [0.2, 0.25) is 15.9 Å². The average molecular weight is 341 g/mol. The van der Waals surface area contributed by atoms with Crippen molar-refractivity contribution in [2.24, 2.45) is 11.7 Å². The van der Waals surface area contributed by atoms with Gasteiger partial charge in [-0.3, -0.25) is 4.79 Å². The number of aryl methyl sites for hydroxylation is 1. The first kappa shape index (κ1) is 19.6. The highest BCUT2D eigenvalue weighted by Crippen LogP contribution is 2.23. The van der Waals surface area contributed by atoms with E-state index >= 15 is 0 Å². The highest BCUT2D eigenvalue weighted by Gasteiger charge is 2.24. The molecule has 0 aliphatic rings. The largest absolute Gasteiger partial charge is 0.325 e. The number of anilines is 1. The second-order valence-electron chi connectivity index (χ2n) is 5.83. The number of nitrogens with two attached hydrogens (primary N) is 1. The van der Waals surface area contributed by atoms with Gasteiger partial charge in [-0.2, -0.15) is 4.31 Å². The molecule has 0 heterocycles. The van der Waals surface area contributed by atoms with Gasteiger partial charge in [0, 0.05) is 18.8 Å². The predicted molar refractivity (Wildman–Crippen MR) is 92.7 cm³/mol. The quantitative estimate of drug-likeness (QED) is 0.793. The second kappa shape index (κ2) is 7.90. The third-order valence-electron chi connectivity index (χ3n) is 3.80. The fraction of sp³-hybridized carbons (Fsp3) is 0.562. The van der Waals surface area contributed by atoms with E-state index in [1.54, 1.807) is 32.9 Å². The molecule has 3 N–H and O–H groups in total. The maximum absolute atomic E-state index is 12.7. The lowest BCUT2D eigenvalue weighted by Gasteiger charge is -2.21. The molecule has 1 atom stereocenters. The maximum Gasteiger partial charge on any atom is 0.243 e. The summed E-state index contributed by atoms with van der Waals surface area (Å²) in [5.41, 5.74) is 6.89. The van der Waals surface area contributed by atoms with E-state index in [9.17, 15) is 13.2 Å². The van der Waals surface area contributed by atoms with Gasteiger partial charge in [0.1, 0.15) is 0 Å². The highest BCUT2D eigenvalue weighted by atomic mass is 32.2. The number of sulfonamides is 1. The minimum Gasteiger partial charge on any atom is -0.325 e. The van der Waals surface area contributed by atoms with Gasteiger partial charge in [-0.25, -0.2) is 8.42 Å². The van der Waals surface area contributed by atoms with E-state index in [4.69, 9.17) is 5.73 Å². The smallest absolute Gasteiger partial charge is 0.243 e. The van der Waals surface area contributed by atoms with Gasteiger partial charge in [-0.1, -0.05) is 33.8 Å². The molecular formula is C16H27N3O3S. The standard InChI is InChI=1S/C16H27N3O3S/c1-6-19(7-2)23(21,22)14-10-13(9-8-12(14)5)18-16(20)15(17)11(3)4/h8-11,15H,6-7,17H2,1-5H3,(H,18,20)/t15-/m0/s1. The van der Waals surface area contributed by atoms with Crippen molar-refractivity contribution in [3.8, 4) is 0 Å². The van der Waals surface area contributed by atoms with Crippen LogP contribution in [0.3, 0.4) is 0 Å². The molecule has 0 spiro atoms. The van der Waals surface area contributed by atoms with Crippen LogP contribution in [0.25, 0.3) is 0 Å². The first-order valence-electron chi connectivity index (χ1n) is 7.82. The van der Waals surface area contributed by atoms with E-state index in [1.165, 1.54) is 10.4 Å². The molecule has 1 aromatic rings. The molecule has 0 aliphatic heterocycles. The Morgan fingerprint density at radius 2 is 1.83 bits per heavy atom. The summed E-state index contributed by atoms with van der Waals surface area (Å²) in [5.74, 6) is -0.325. The fourth-order valence-electron chi connectivity index (χ4n) is 2.19. The Labute approximate surface area is 139 Å². The van der Waals surface area contributed by atoms with E-state index in [0.717, 1.165) is 0 Å². The third kappa shape index (κ3) is 4.53. The summed E-state index contributed by atoms with van der Waals surface area (Å²) < 4.78 is 26.8. The van der Waals surface area contributed by atoms with Gasteiger partial charge in [0.25, 0.3) is 0 Å². The van der Waals surface area contributed by atoms with Crippen molar-refractivity contribution >= 4 is 21.6 Å². The topological polar surface area (TPSA) is 92.5 Å². The number of hydrogen-bond acceptors (Lipinski definition) is 4. The van der Waals surface area contributed by atoms with Gasteiger partial charge in [0.05, 0.1) is 10.9 Å². The predicted octanol–water partition coefficient (Wildman–Crippen LogP) is 1.95. The van der Waals surface area contributed by atoms with Crippen LogP contribution in [0.2, 0.25) is 0 Å². The zero-order valence-corrected chi connectivity index (χ0v) is 15.3. The van der Waals surface area contributed by atoms with Crippen molar-refractivity contribution in [2.75, 3.05) is 18.4 Å². The molecule has 0 radical (unpaired) electrons. The summed E-state index contributed by atoms with van der Waals surface area (Å²) in [6.45, 7) is 9.83. The van der Waals surface area contributed by atoms with Gasteiger partial charge in [-0.05, 0) is 30.5 Å². The molecule has 0 unspecified atom stereocenters. The first-order chi connectivity index (χ1) is 10.6. The summed E-state index contributed by atoms with van der Waals surface area (Å²) >= 11 is 0. The van der Waals surface area contributed by atoms with Crippen molar-refractivity contribution in [1.29, 1.82) is 0 Å². The molecule has 0 bridgehead atoms. The van der Waals surface area contributed by atoms with Crippen molar-refractivity contribution in [2.45, 2.75) is 45.6 Å². The Kier molecular flexibility index (Phi) is 6.73. The number of amides is 1. The summed E-state index contributed by atoms with van der Waals surface area (Å²) in [7, 11) is -3.58. The van der Waals surface area contributed by atoms with Crippen molar-refractivity contribution in [3.63, 3.8) is 0 Å². The molecule has 0 saturated heterocycles. The van der Waals surface area contributed by atoms with Crippen LogP contribution in [0.15, 0.2) is 23.1 Å². The Morgan fingerprint density at radius 1 is 1.26 bits per heavy atom. The number of benzene rings is 1. The zero-order valence-electron chi connectivity index (χ0n) is 14.5. The van der Waals surface area contributed by atoms with Gasteiger partial charge in [-0.15, -0.1) is 0 Å². The van der Waals surface area contributed by atoms with Crippen molar-refractivity contribution in [1.82, 2.24) is 4.31 Å². The molecule has 23 heavy (non-hydrogen) atoms. The van der Waals surface area contributed by atoms with Crippen molar-refractivity contribution in [3.05, 3.63) is 23.8 Å². The molecule has 1 aromatic carbocycles. The summed E-state index contributed by atoms with van der Waals surface area (Å²) in [5, 5.41) is 2.69. The number of rotatable bonds is 7. The molecular weight excluding hydrogens is 314 g/mol. The van der Waals surface area contributed by atoms with Crippen LogP contribution in [0, 0.1) is 12.8 Å². The Hall–Kier alpha value is -1.44. The number of hydrogen-bond donors (Lipinski definition) is 2. The molecule has 1 rings (SSSR count). The number of nitrogens with one attached hydrogen (secondary N) is 1. The van der Waals surface area contributed by atoms with Crippen LogP contribution >= 0.6 is 0 Å². The third-order valence-corrected chi connectivity index (χ3v) is 5.99. The molecule has 0 fully saturated rings. The number of nitrogens with zero attached hydrogens (tertiary/aromatic N) is 1. The van der Waals surface area contributed by atoms with Crippen LogP contribution < -0.4 is 11.1 Å². The number of carbonyl (C=O) groups excluding carboxylic acids is 1. The van der Waals surface area contributed by atoms with Gasteiger partial charge in [0.15, 0.2) is 0 Å². The van der Waals surface area contributed by atoms with Crippen LogP contribution in [0.5, 0.6) is 0 Å². The minimum absolute atomic E-state index is 0.000624. The molecule has 0 aromatic heterocycles. The van der Waals surface area contributed by atoms with E-state index in [0.29, 0.717) is 24.3 Å². The molecule has 6 nitrogen and oxygen atoms in total. The van der Waals surface area contributed by atoms with Crippen molar-refractivity contribution < 1.29 is 13.2 Å². The monoisotopic (exact) mass is 341 g/mol. The Morgan fingerprint density at radius 3 is 2.30 bits per heavy atom. The van der Waals surface area contributed by atoms with Crippen LogP contribution in [-0.2, 0) is 14.8 Å². The van der Waals surface area contributed by atoms with Crippen LogP contribution in [0.1, 0.15) is 33.3 Å². The average Bonchev–Trinajstić information content (AvgIpc) is 2.48. The van der Waals surface area contributed by atoms with E-state index in [1.807, 2.05) is 13.8 Å². The SMILES string of the molecule is CCN(CC)S(=O)(=O)c1cc(NC(=O)[C@@H](N)C(C)C)ccc1C. The second-order valence-corrected chi connectivity index (χ2v) is 7.74. The lowest BCUT2D eigenvalue weighted by atomic mass is 10.0. The summed E-state index contributed by atoms with van der Waals surface area (Å²) in [6, 6.07) is 4.22. The zero-order chi connectivity index (χ0) is 17.8. The Bertz CT molecular complexity index is 653. The lowest BCUT2D eigenvalue weighted by Crippen LogP contribution is -2.39. The molecule has 1 amide bonds. The summed E-state index contributed by atoms with van der Waals surface area (Å²) in [6.07, 6.45) is 0. The minimum atomic E-state index is -3.58. The van der Waals surface area contributed by atoms with E-state index in [-0.39, 0.29) is 16.7 Å². The molecule has 7 heteroatoms. The normalized spacial score (nSPS) is 13.4. The van der Waals surface area contributed by atoms with Crippen LogP contribution in [-0.4, -0.2) is 37.8 Å². The molecule has 0 saturated carbocycles. The number of carbonyl (C=O) groups is 1. The highest BCUT2D eigenvalue weighted by molar-refractivity contribution is 7.89. The maximum atomic E-state index is 12.7. The molecule has 130 valence electrons. The van der Waals surface area contributed by atoms with Gasteiger partial charge >= 0.3 is 0 Å². The molecule has 0 aliphatic carbocycles. The lowest BCUT2D eigenvalue weighted by molar-refractivity contribution is -0.118. The van der Waals surface area contributed by atoms with E-state index < -0.39 is 16.1 Å². The van der Waals surface area contributed by atoms with Gasteiger partial charge < -0.3 is 11.1 Å². The Balaban J connectivity index is 3.16. The first-order valence-corrected chi connectivity index (χ1v) is 9.26. The van der Waals surface area contributed by atoms with Crippen LogP contribution in [0.4, 0.5) is 5.69 Å². The summed E-state index contributed by atoms with van der Waals surface area (Å²) in [4.78, 5) is 12.3. The van der Waals surface area contributed by atoms with E-state index in [2.05, 4.69) is 5.32 Å². The fourth-order valence-corrected chi connectivity index (χ4v) is 3.90.